The number of pyridine rings is 1. The van der Waals surface area contributed by atoms with E-state index in [0.29, 0.717) is 5.02 Å². The van der Waals surface area contributed by atoms with Crippen LogP contribution in [0.5, 0.6) is 0 Å². The summed E-state index contributed by atoms with van der Waals surface area (Å²) in [6.07, 6.45) is 2.45. The average Bonchev–Trinajstić information content (AvgIpc) is 2.33. The second kappa shape index (κ2) is 5.24. The molecule has 8 heteroatoms. The molecule has 0 amide bonds. The molecule has 0 saturated heterocycles. The predicted molar refractivity (Wildman–Crippen MR) is 74.3 cm³/mol. The number of H-pyrrole nitrogens is 1. The van der Waals surface area contributed by atoms with Crippen LogP contribution >= 0.6 is 23.2 Å². The zero-order valence-electron chi connectivity index (χ0n) is 9.35. The fourth-order valence-corrected chi connectivity index (χ4v) is 3.03. The van der Waals surface area contributed by atoms with Gasteiger partial charge >= 0.3 is 0 Å². The Kier molecular flexibility index (Phi) is 3.84. The molecule has 100 valence electrons. The smallest absolute Gasteiger partial charge is 0.267 e. The van der Waals surface area contributed by atoms with Crippen molar-refractivity contribution in [2.24, 2.45) is 0 Å². The third kappa shape index (κ3) is 3.09. The van der Waals surface area contributed by atoms with Crippen molar-refractivity contribution in [1.82, 2.24) is 4.98 Å². The van der Waals surface area contributed by atoms with E-state index in [2.05, 4.69) is 9.71 Å². The van der Waals surface area contributed by atoms with Gasteiger partial charge in [-0.2, -0.15) is 0 Å². The highest BCUT2D eigenvalue weighted by molar-refractivity contribution is 7.92. The Morgan fingerprint density at radius 1 is 1.16 bits per heavy atom. The Labute approximate surface area is 119 Å². The minimum Gasteiger partial charge on any atom is -0.366 e. The summed E-state index contributed by atoms with van der Waals surface area (Å²) in [6.45, 7) is 0. The lowest BCUT2D eigenvalue weighted by atomic mass is 10.3. The first kappa shape index (κ1) is 13.9. The highest BCUT2D eigenvalue weighted by Crippen LogP contribution is 2.26. The summed E-state index contributed by atoms with van der Waals surface area (Å²) in [5, 5.41) is 0.522. The van der Waals surface area contributed by atoms with E-state index in [4.69, 9.17) is 23.2 Å². The number of aromatic nitrogens is 1. The molecule has 2 rings (SSSR count). The molecule has 0 saturated carbocycles. The van der Waals surface area contributed by atoms with Crippen LogP contribution in [-0.4, -0.2) is 13.4 Å². The molecular formula is C11H8Cl2N2O3S. The van der Waals surface area contributed by atoms with Crippen LogP contribution in [0.25, 0.3) is 0 Å². The van der Waals surface area contributed by atoms with Gasteiger partial charge in [-0.25, -0.2) is 8.42 Å². The molecular weight excluding hydrogens is 311 g/mol. The van der Waals surface area contributed by atoms with Crippen molar-refractivity contribution in [3.8, 4) is 0 Å². The molecule has 0 radical (unpaired) electrons. The second-order valence-electron chi connectivity index (χ2n) is 3.60. The maximum atomic E-state index is 12.0. The average molecular weight is 319 g/mol. The lowest BCUT2D eigenvalue weighted by molar-refractivity contribution is 0.600. The molecule has 2 aromatic rings. The topological polar surface area (TPSA) is 79.0 Å². The van der Waals surface area contributed by atoms with Gasteiger partial charge in [0.25, 0.3) is 10.0 Å². The van der Waals surface area contributed by atoms with Crippen LogP contribution in [0.3, 0.4) is 0 Å². The van der Waals surface area contributed by atoms with Gasteiger partial charge in [-0.15, -0.1) is 0 Å². The van der Waals surface area contributed by atoms with Crippen molar-refractivity contribution in [2.75, 3.05) is 4.72 Å². The molecule has 0 spiro atoms. The van der Waals surface area contributed by atoms with Crippen molar-refractivity contribution in [3.63, 3.8) is 0 Å². The van der Waals surface area contributed by atoms with E-state index < -0.39 is 15.5 Å². The molecule has 0 aliphatic heterocycles. The van der Waals surface area contributed by atoms with Gasteiger partial charge in [-0.05, 0) is 18.2 Å². The monoisotopic (exact) mass is 318 g/mol. The van der Waals surface area contributed by atoms with Crippen molar-refractivity contribution < 1.29 is 8.42 Å². The van der Waals surface area contributed by atoms with E-state index in [-0.39, 0.29) is 15.6 Å². The Hall–Kier alpha value is -1.50. The quantitative estimate of drug-likeness (QED) is 0.912. The van der Waals surface area contributed by atoms with Gasteiger partial charge in [0.1, 0.15) is 0 Å². The Morgan fingerprint density at radius 2 is 1.89 bits per heavy atom. The molecule has 0 atom stereocenters. The van der Waals surface area contributed by atoms with Crippen LogP contribution in [0.2, 0.25) is 10.0 Å². The lowest BCUT2D eigenvalue weighted by Gasteiger charge is -2.09. The molecule has 1 aromatic heterocycles. The van der Waals surface area contributed by atoms with E-state index in [9.17, 15) is 13.2 Å². The van der Waals surface area contributed by atoms with Gasteiger partial charge in [0.2, 0.25) is 5.43 Å². The summed E-state index contributed by atoms with van der Waals surface area (Å²) < 4.78 is 26.3. The van der Waals surface area contributed by atoms with Crippen LogP contribution in [0, 0.1) is 0 Å². The number of aromatic amines is 1. The fraction of sp³-hybridized carbons (Fsp3) is 0. The van der Waals surface area contributed by atoms with Crippen molar-refractivity contribution in [2.45, 2.75) is 4.90 Å². The van der Waals surface area contributed by atoms with Gasteiger partial charge in [-0.1, -0.05) is 23.2 Å². The number of anilines is 1. The Morgan fingerprint density at radius 3 is 2.53 bits per heavy atom. The maximum Gasteiger partial charge on any atom is 0.267 e. The molecule has 0 unspecified atom stereocenters. The first-order valence-corrected chi connectivity index (χ1v) is 7.29. The van der Waals surface area contributed by atoms with E-state index >= 15 is 0 Å². The van der Waals surface area contributed by atoms with Gasteiger partial charge < -0.3 is 4.98 Å². The van der Waals surface area contributed by atoms with E-state index in [1.54, 1.807) is 0 Å². The summed E-state index contributed by atoms with van der Waals surface area (Å²) in [5.74, 6) is 0. The number of hydrogen-bond donors (Lipinski definition) is 2. The predicted octanol–water partition coefficient (Wildman–Crippen LogP) is 2.48. The van der Waals surface area contributed by atoms with E-state index in [1.807, 2.05) is 0 Å². The van der Waals surface area contributed by atoms with Crippen molar-refractivity contribution >= 4 is 38.9 Å². The third-order valence-corrected chi connectivity index (χ3v) is 4.19. The van der Waals surface area contributed by atoms with Crippen molar-refractivity contribution in [1.29, 1.82) is 0 Å². The molecule has 0 aliphatic rings. The first-order chi connectivity index (χ1) is 8.90. The molecule has 0 fully saturated rings. The number of hydrogen-bond acceptors (Lipinski definition) is 3. The Balaban J connectivity index is 2.43. The molecule has 1 heterocycles. The van der Waals surface area contributed by atoms with E-state index in [0.717, 1.165) is 12.3 Å². The number of nitrogens with one attached hydrogen (secondary N) is 2. The highest BCUT2D eigenvalue weighted by atomic mass is 35.5. The molecule has 0 aliphatic carbocycles. The van der Waals surface area contributed by atoms with Crippen LogP contribution in [0.15, 0.2) is 46.3 Å². The summed E-state index contributed by atoms with van der Waals surface area (Å²) in [6, 6.07) is 5.42. The maximum absolute atomic E-state index is 12.0. The van der Waals surface area contributed by atoms with Gasteiger partial charge in [0, 0.05) is 23.5 Å². The fourth-order valence-electron chi connectivity index (χ4n) is 1.38. The minimum absolute atomic E-state index is 0.142. The van der Waals surface area contributed by atoms with E-state index in [1.165, 1.54) is 24.4 Å². The van der Waals surface area contributed by atoms with Gasteiger partial charge in [0.15, 0.2) is 4.90 Å². The van der Waals surface area contributed by atoms with Crippen LogP contribution < -0.4 is 10.2 Å². The number of sulfonamides is 1. The third-order valence-electron chi connectivity index (χ3n) is 2.25. The first-order valence-electron chi connectivity index (χ1n) is 5.05. The Bertz CT molecular complexity index is 772. The van der Waals surface area contributed by atoms with Crippen LogP contribution in [-0.2, 0) is 10.0 Å². The summed E-state index contributed by atoms with van der Waals surface area (Å²) in [5.41, 5.74) is -0.467. The number of halogens is 2. The molecule has 1 aromatic carbocycles. The molecule has 0 bridgehead atoms. The minimum atomic E-state index is -4.00. The van der Waals surface area contributed by atoms with Crippen LogP contribution in [0.4, 0.5) is 5.69 Å². The molecule has 19 heavy (non-hydrogen) atoms. The van der Waals surface area contributed by atoms with Gasteiger partial charge in [0.05, 0.1) is 10.7 Å². The largest absolute Gasteiger partial charge is 0.366 e. The summed E-state index contributed by atoms with van der Waals surface area (Å²) in [4.78, 5) is 13.7. The summed E-state index contributed by atoms with van der Waals surface area (Å²) >= 11 is 11.6. The molecule has 2 N–H and O–H groups in total. The number of benzene rings is 1. The van der Waals surface area contributed by atoms with Crippen molar-refractivity contribution in [3.05, 3.63) is 56.9 Å². The highest BCUT2D eigenvalue weighted by Gasteiger charge is 2.18. The number of rotatable bonds is 3. The van der Waals surface area contributed by atoms with Gasteiger partial charge in [-0.3, -0.25) is 9.52 Å². The lowest BCUT2D eigenvalue weighted by Crippen LogP contribution is -2.21. The zero-order chi connectivity index (χ0) is 14.0. The standard InChI is InChI=1S/C11H8Cl2N2O3S/c12-7-1-2-9(8(13)5-7)15-19(17,18)11-6-14-4-3-10(11)16/h1-6,15H,(H,14,16). The molecule has 5 nitrogen and oxygen atoms in total. The summed E-state index contributed by atoms with van der Waals surface area (Å²) in [7, 11) is -4.00. The SMILES string of the molecule is O=c1cc[nH]cc1S(=O)(=O)Nc1ccc(Cl)cc1Cl. The van der Waals surface area contributed by atoms with Crippen LogP contribution in [0.1, 0.15) is 0 Å². The second-order valence-corrected chi connectivity index (χ2v) is 6.10. The normalized spacial score (nSPS) is 11.3. The zero-order valence-corrected chi connectivity index (χ0v) is 11.7.